The van der Waals surface area contributed by atoms with Crippen molar-refractivity contribution in [3.63, 3.8) is 0 Å². The third kappa shape index (κ3) is 4.99. The SMILES string of the molecule is Cc1cccc2c1c1c(n2C(=O)NCc2ccnc(Cl)c2)CCN(C/C=C/c2ccc(F)cc2)C1. The Morgan fingerprint density at radius 1 is 1.20 bits per heavy atom. The minimum absolute atomic E-state index is 0.139. The van der Waals surface area contributed by atoms with Crippen LogP contribution in [-0.4, -0.2) is 33.6 Å². The molecule has 7 heteroatoms. The van der Waals surface area contributed by atoms with Crippen molar-refractivity contribution in [1.82, 2.24) is 19.8 Å². The number of amides is 1. The van der Waals surface area contributed by atoms with Gasteiger partial charge in [0.1, 0.15) is 11.0 Å². The molecule has 35 heavy (non-hydrogen) atoms. The number of hydrogen-bond acceptors (Lipinski definition) is 3. The molecule has 178 valence electrons. The highest BCUT2D eigenvalue weighted by atomic mass is 35.5. The summed E-state index contributed by atoms with van der Waals surface area (Å²) in [5.74, 6) is -0.230. The smallest absolute Gasteiger partial charge is 0.326 e. The number of nitrogens with one attached hydrogen (secondary N) is 1. The summed E-state index contributed by atoms with van der Waals surface area (Å²) >= 11 is 5.99. The normalized spacial score (nSPS) is 13.9. The van der Waals surface area contributed by atoms with E-state index in [-0.39, 0.29) is 11.8 Å². The zero-order valence-corrected chi connectivity index (χ0v) is 20.2. The first-order valence-corrected chi connectivity index (χ1v) is 12.0. The predicted molar refractivity (Wildman–Crippen MR) is 138 cm³/mol. The lowest BCUT2D eigenvalue weighted by molar-refractivity contribution is 0.240. The Hall–Kier alpha value is -3.48. The van der Waals surface area contributed by atoms with Crippen LogP contribution in [0.1, 0.15) is 27.9 Å². The minimum Gasteiger partial charge on any atom is -0.333 e. The molecule has 5 rings (SSSR count). The number of fused-ring (bicyclic) bond motifs is 3. The molecule has 4 aromatic rings. The second-order valence-corrected chi connectivity index (χ2v) is 9.20. The van der Waals surface area contributed by atoms with Crippen molar-refractivity contribution >= 4 is 34.6 Å². The van der Waals surface area contributed by atoms with Crippen LogP contribution < -0.4 is 5.32 Å². The topological polar surface area (TPSA) is 50.2 Å². The van der Waals surface area contributed by atoms with Crippen LogP contribution in [0.2, 0.25) is 5.15 Å². The van der Waals surface area contributed by atoms with Crippen LogP contribution in [0.3, 0.4) is 0 Å². The maximum atomic E-state index is 13.3. The van der Waals surface area contributed by atoms with Crippen molar-refractivity contribution in [3.05, 3.63) is 106 Å². The lowest BCUT2D eigenvalue weighted by atomic mass is 10.0. The Balaban J connectivity index is 1.37. The zero-order chi connectivity index (χ0) is 24.4. The number of rotatable bonds is 5. The van der Waals surface area contributed by atoms with Crippen LogP contribution in [0.4, 0.5) is 9.18 Å². The fourth-order valence-electron chi connectivity index (χ4n) is 4.76. The fourth-order valence-corrected chi connectivity index (χ4v) is 4.96. The van der Waals surface area contributed by atoms with E-state index < -0.39 is 0 Å². The van der Waals surface area contributed by atoms with Gasteiger partial charge in [0.15, 0.2) is 0 Å². The molecule has 1 aliphatic rings. The highest BCUT2D eigenvalue weighted by Gasteiger charge is 2.27. The van der Waals surface area contributed by atoms with Gasteiger partial charge in [0.25, 0.3) is 0 Å². The van der Waals surface area contributed by atoms with Crippen molar-refractivity contribution < 1.29 is 9.18 Å². The van der Waals surface area contributed by atoms with E-state index in [1.807, 2.05) is 28.8 Å². The summed E-state index contributed by atoms with van der Waals surface area (Å²) < 4.78 is 15.0. The van der Waals surface area contributed by atoms with Crippen molar-refractivity contribution in [3.8, 4) is 0 Å². The number of benzene rings is 2. The number of hydrogen-bond donors (Lipinski definition) is 1. The highest BCUT2D eigenvalue weighted by Crippen LogP contribution is 2.33. The largest absolute Gasteiger partial charge is 0.333 e. The van der Waals surface area contributed by atoms with Crippen LogP contribution in [0, 0.1) is 12.7 Å². The van der Waals surface area contributed by atoms with E-state index in [2.05, 4.69) is 34.3 Å². The number of carbonyl (C=O) groups is 1. The maximum Gasteiger partial charge on any atom is 0.326 e. The molecule has 5 nitrogen and oxygen atoms in total. The molecule has 0 saturated heterocycles. The highest BCUT2D eigenvalue weighted by molar-refractivity contribution is 6.29. The van der Waals surface area contributed by atoms with E-state index in [0.717, 1.165) is 59.3 Å². The van der Waals surface area contributed by atoms with Gasteiger partial charge >= 0.3 is 6.03 Å². The molecule has 1 aliphatic heterocycles. The van der Waals surface area contributed by atoms with Crippen molar-refractivity contribution in [2.24, 2.45) is 0 Å². The second-order valence-electron chi connectivity index (χ2n) is 8.81. The van der Waals surface area contributed by atoms with E-state index in [4.69, 9.17) is 11.6 Å². The minimum atomic E-state index is -0.230. The Kier molecular flexibility index (Phi) is 6.66. The van der Waals surface area contributed by atoms with E-state index in [0.29, 0.717) is 11.7 Å². The molecule has 0 radical (unpaired) electrons. The molecule has 0 bridgehead atoms. The van der Waals surface area contributed by atoms with E-state index in [9.17, 15) is 9.18 Å². The Labute approximate surface area is 208 Å². The molecule has 3 heterocycles. The second kappa shape index (κ2) is 10.0. The molecule has 0 aliphatic carbocycles. The van der Waals surface area contributed by atoms with Crippen LogP contribution in [0.25, 0.3) is 17.0 Å². The summed E-state index contributed by atoms with van der Waals surface area (Å²) in [5.41, 5.74) is 6.25. The molecule has 2 aromatic heterocycles. The Morgan fingerprint density at radius 3 is 2.83 bits per heavy atom. The van der Waals surface area contributed by atoms with Gasteiger partial charge in [-0.2, -0.15) is 0 Å². The standard InChI is InChI=1S/C28H26ClFN4O/c1-19-4-2-6-25-27(19)23-18-33(14-3-5-20-7-9-22(30)10-8-20)15-12-24(23)34(25)28(35)32-17-21-11-13-31-26(29)16-21/h2-11,13,16H,12,14-15,17-18H2,1H3,(H,32,35)/b5-3+. The first kappa shape index (κ1) is 23.3. The van der Waals surface area contributed by atoms with Gasteiger partial charge in [0.2, 0.25) is 0 Å². The summed E-state index contributed by atoms with van der Waals surface area (Å²) in [4.78, 5) is 19.7. The Bertz CT molecular complexity index is 1410. The molecular weight excluding hydrogens is 463 g/mol. The maximum absolute atomic E-state index is 13.3. The first-order valence-electron chi connectivity index (χ1n) is 11.6. The summed E-state index contributed by atoms with van der Waals surface area (Å²) in [6.45, 7) is 4.87. The predicted octanol–water partition coefficient (Wildman–Crippen LogP) is 5.97. The van der Waals surface area contributed by atoms with Crippen LogP contribution in [0.15, 0.2) is 66.9 Å². The lowest BCUT2D eigenvalue weighted by Crippen LogP contribution is -2.34. The molecule has 1 amide bonds. The summed E-state index contributed by atoms with van der Waals surface area (Å²) in [6, 6.07) is 16.1. The molecule has 0 saturated carbocycles. The quantitative estimate of drug-likeness (QED) is 0.352. The number of aryl methyl sites for hydroxylation is 1. The molecular formula is C28H26ClFN4O. The van der Waals surface area contributed by atoms with Gasteiger partial charge in [-0.1, -0.05) is 48.0 Å². The molecule has 0 unspecified atom stereocenters. The number of nitrogens with zero attached hydrogens (tertiary/aromatic N) is 3. The van der Waals surface area contributed by atoms with Gasteiger partial charge < -0.3 is 5.32 Å². The Morgan fingerprint density at radius 2 is 2.03 bits per heavy atom. The molecule has 0 atom stereocenters. The molecule has 0 fully saturated rings. The van der Waals surface area contributed by atoms with E-state index in [1.165, 1.54) is 17.7 Å². The van der Waals surface area contributed by atoms with Crippen LogP contribution >= 0.6 is 11.6 Å². The average molecular weight is 489 g/mol. The van der Waals surface area contributed by atoms with Gasteiger partial charge in [-0.3, -0.25) is 9.47 Å². The number of halogens is 2. The van der Waals surface area contributed by atoms with Crippen LogP contribution in [0.5, 0.6) is 0 Å². The zero-order valence-electron chi connectivity index (χ0n) is 19.5. The molecule has 2 aromatic carbocycles. The lowest BCUT2D eigenvalue weighted by Gasteiger charge is -2.27. The first-order chi connectivity index (χ1) is 17.0. The number of carbonyl (C=O) groups excluding carboxylic acids is 1. The number of pyridine rings is 1. The van der Waals surface area contributed by atoms with Crippen molar-refractivity contribution in [2.45, 2.75) is 26.4 Å². The average Bonchev–Trinajstić information content (AvgIpc) is 3.19. The summed E-state index contributed by atoms with van der Waals surface area (Å²) in [7, 11) is 0. The number of aromatic nitrogens is 2. The van der Waals surface area contributed by atoms with Crippen LogP contribution in [-0.2, 0) is 19.5 Å². The third-order valence-electron chi connectivity index (χ3n) is 6.44. The van der Waals surface area contributed by atoms with Crippen molar-refractivity contribution in [1.29, 1.82) is 0 Å². The van der Waals surface area contributed by atoms with Gasteiger partial charge in [-0.15, -0.1) is 0 Å². The van der Waals surface area contributed by atoms with Gasteiger partial charge in [0, 0.05) is 49.9 Å². The van der Waals surface area contributed by atoms with Gasteiger partial charge in [-0.05, 0) is 59.5 Å². The molecule has 0 spiro atoms. The van der Waals surface area contributed by atoms with Gasteiger partial charge in [0.05, 0.1) is 5.52 Å². The van der Waals surface area contributed by atoms with Gasteiger partial charge in [-0.25, -0.2) is 14.2 Å². The fraction of sp³-hybridized carbons (Fsp3) is 0.214. The van der Waals surface area contributed by atoms with E-state index in [1.54, 1.807) is 24.4 Å². The molecule has 1 N–H and O–H groups in total. The van der Waals surface area contributed by atoms with E-state index >= 15 is 0 Å². The monoisotopic (exact) mass is 488 g/mol. The summed E-state index contributed by atoms with van der Waals surface area (Å²) in [6.07, 6.45) is 6.54. The van der Waals surface area contributed by atoms with Crippen molar-refractivity contribution in [2.75, 3.05) is 13.1 Å². The third-order valence-corrected chi connectivity index (χ3v) is 6.65. The summed E-state index contributed by atoms with van der Waals surface area (Å²) in [5, 5.41) is 4.60.